The van der Waals surface area contributed by atoms with E-state index in [0.717, 1.165) is 62.3 Å². The van der Waals surface area contributed by atoms with E-state index in [1.54, 1.807) is 0 Å². The van der Waals surface area contributed by atoms with Crippen LogP contribution in [0.15, 0.2) is 60.7 Å². The van der Waals surface area contributed by atoms with E-state index in [1.165, 1.54) is 24.1 Å². The van der Waals surface area contributed by atoms with E-state index < -0.39 is 0 Å². The van der Waals surface area contributed by atoms with Crippen LogP contribution in [0.25, 0.3) is 0 Å². The summed E-state index contributed by atoms with van der Waals surface area (Å²) in [6.07, 6.45) is 4.38. The molecule has 0 amide bonds. The third kappa shape index (κ3) is 3.90. The molecule has 1 fully saturated rings. The van der Waals surface area contributed by atoms with Gasteiger partial charge in [0.05, 0.1) is 5.69 Å². The highest BCUT2D eigenvalue weighted by Gasteiger charge is 2.24. The molecule has 5 nitrogen and oxygen atoms in total. The number of rotatable bonds is 4. The van der Waals surface area contributed by atoms with E-state index in [-0.39, 0.29) is 0 Å². The predicted octanol–water partition coefficient (Wildman–Crippen LogP) is 4.47. The summed E-state index contributed by atoms with van der Waals surface area (Å²) >= 11 is 0. The number of para-hydroxylation sites is 2. The van der Waals surface area contributed by atoms with Crippen LogP contribution < -0.4 is 14.5 Å². The summed E-state index contributed by atoms with van der Waals surface area (Å²) < 4.78 is 6.21. The summed E-state index contributed by atoms with van der Waals surface area (Å²) in [6, 6.07) is 20.6. The number of nitrogens with zero attached hydrogens (tertiary/aromatic N) is 4. The second-order valence-electron chi connectivity index (χ2n) is 7.69. The first-order valence-electron chi connectivity index (χ1n) is 10.5. The number of hydrogen-bond acceptors (Lipinski definition) is 5. The zero-order chi connectivity index (χ0) is 19.5. The van der Waals surface area contributed by atoms with Crippen LogP contribution in [0.3, 0.4) is 0 Å². The van der Waals surface area contributed by atoms with E-state index in [1.807, 2.05) is 30.3 Å². The Labute approximate surface area is 172 Å². The van der Waals surface area contributed by atoms with Crippen LogP contribution in [0.5, 0.6) is 11.6 Å². The predicted molar refractivity (Wildman–Crippen MR) is 116 cm³/mol. The van der Waals surface area contributed by atoms with E-state index >= 15 is 0 Å². The van der Waals surface area contributed by atoms with Gasteiger partial charge in [-0.1, -0.05) is 36.4 Å². The van der Waals surface area contributed by atoms with Gasteiger partial charge in [-0.25, -0.2) is 4.98 Å². The molecular formula is C24H26N4O. The highest BCUT2D eigenvalue weighted by Crippen LogP contribution is 2.32. The molecule has 1 aromatic heterocycles. The largest absolute Gasteiger partial charge is 0.439 e. The Hall–Kier alpha value is -3.08. The van der Waals surface area contributed by atoms with Gasteiger partial charge in [0, 0.05) is 37.4 Å². The van der Waals surface area contributed by atoms with Crippen molar-refractivity contribution in [2.24, 2.45) is 0 Å². The van der Waals surface area contributed by atoms with Crippen molar-refractivity contribution in [3.63, 3.8) is 0 Å². The first-order valence-corrected chi connectivity index (χ1v) is 10.5. The molecule has 2 aliphatic rings. The monoisotopic (exact) mass is 386 g/mol. The third-order valence-electron chi connectivity index (χ3n) is 5.77. The Morgan fingerprint density at radius 3 is 2.10 bits per heavy atom. The highest BCUT2D eigenvalue weighted by molar-refractivity contribution is 5.49. The van der Waals surface area contributed by atoms with Gasteiger partial charge in [-0.3, -0.25) is 0 Å². The Morgan fingerprint density at radius 1 is 0.690 bits per heavy atom. The maximum Gasteiger partial charge on any atom is 0.229 e. The average molecular weight is 386 g/mol. The van der Waals surface area contributed by atoms with Crippen molar-refractivity contribution in [2.75, 3.05) is 36.0 Å². The molecule has 0 atom stereocenters. The molecular weight excluding hydrogens is 360 g/mol. The minimum Gasteiger partial charge on any atom is -0.439 e. The first kappa shape index (κ1) is 18.0. The van der Waals surface area contributed by atoms with Crippen LogP contribution in [-0.4, -0.2) is 36.1 Å². The lowest BCUT2D eigenvalue weighted by Crippen LogP contribution is -2.47. The van der Waals surface area contributed by atoms with Gasteiger partial charge < -0.3 is 14.5 Å². The number of fused-ring (bicyclic) bond motifs is 1. The van der Waals surface area contributed by atoms with Crippen molar-refractivity contribution in [2.45, 2.75) is 25.7 Å². The molecule has 5 rings (SSSR count). The molecule has 1 aliphatic heterocycles. The molecule has 0 bridgehead atoms. The lowest BCUT2D eigenvalue weighted by molar-refractivity contribution is 0.446. The zero-order valence-corrected chi connectivity index (χ0v) is 16.6. The van der Waals surface area contributed by atoms with Gasteiger partial charge in [0.15, 0.2) is 0 Å². The Morgan fingerprint density at radius 2 is 1.34 bits per heavy atom. The molecule has 1 saturated heterocycles. The summed E-state index contributed by atoms with van der Waals surface area (Å²) in [5, 5.41) is 0. The van der Waals surface area contributed by atoms with Crippen LogP contribution in [0.2, 0.25) is 0 Å². The normalized spacial score (nSPS) is 16.4. The quantitative estimate of drug-likeness (QED) is 0.662. The van der Waals surface area contributed by atoms with E-state index in [2.05, 4.69) is 40.1 Å². The zero-order valence-electron chi connectivity index (χ0n) is 16.6. The van der Waals surface area contributed by atoms with Crippen molar-refractivity contribution in [3.05, 3.63) is 71.9 Å². The van der Waals surface area contributed by atoms with Crippen molar-refractivity contribution in [1.82, 2.24) is 9.97 Å². The van der Waals surface area contributed by atoms with Gasteiger partial charge in [-0.15, -0.1) is 0 Å². The SMILES string of the molecule is c1ccc(Oc2nc(N3CCN(c4ccccc4)CC3)nc3c2CCCC3)cc1. The number of piperazine rings is 1. The van der Waals surface area contributed by atoms with Gasteiger partial charge >= 0.3 is 0 Å². The number of anilines is 2. The van der Waals surface area contributed by atoms with E-state index in [4.69, 9.17) is 14.7 Å². The van der Waals surface area contributed by atoms with Crippen molar-refractivity contribution < 1.29 is 4.74 Å². The van der Waals surface area contributed by atoms with Gasteiger partial charge in [0.2, 0.25) is 11.8 Å². The average Bonchev–Trinajstić information content (AvgIpc) is 2.80. The summed E-state index contributed by atoms with van der Waals surface area (Å²) in [4.78, 5) is 14.6. The number of benzene rings is 2. The number of aryl methyl sites for hydroxylation is 1. The van der Waals surface area contributed by atoms with E-state index in [0.29, 0.717) is 0 Å². The fourth-order valence-electron chi connectivity index (χ4n) is 4.18. The van der Waals surface area contributed by atoms with Crippen LogP contribution in [0.4, 0.5) is 11.6 Å². The topological polar surface area (TPSA) is 41.5 Å². The minimum absolute atomic E-state index is 0.737. The van der Waals surface area contributed by atoms with Crippen LogP contribution in [0.1, 0.15) is 24.1 Å². The van der Waals surface area contributed by atoms with Crippen LogP contribution >= 0.6 is 0 Å². The van der Waals surface area contributed by atoms with Gasteiger partial charge in [-0.05, 0) is 49.9 Å². The Bertz CT molecular complexity index is 953. The summed E-state index contributed by atoms with van der Waals surface area (Å²) in [5.41, 5.74) is 3.64. The lowest BCUT2D eigenvalue weighted by atomic mass is 9.97. The Kier molecular flexibility index (Phi) is 5.03. The lowest BCUT2D eigenvalue weighted by Gasteiger charge is -2.36. The molecule has 0 saturated carbocycles. The van der Waals surface area contributed by atoms with Gasteiger partial charge in [-0.2, -0.15) is 4.98 Å². The minimum atomic E-state index is 0.737. The highest BCUT2D eigenvalue weighted by atomic mass is 16.5. The molecule has 1 aliphatic carbocycles. The maximum absolute atomic E-state index is 6.21. The Balaban J connectivity index is 1.38. The third-order valence-corrected chi connectivity index (χ3v) is 5.77. The van der Waals surface area contributed by atoms with Crippen molar-refractivity contribution in [1.29, 1.82) is 0 Å². The molecule has 29 heavy (non-hydrogen) atoms. The summed E-state index contributed by atoms with van der Waals surface area (Å²) in [5.74, 6) is 2.38. The number of ether oxygens (including phenoxy) is 1. The second kappa shape index (κ2) is 8.11. The fourth-order valence-corrected chi connectivity index (χ4v) is 4.18. The summed E-state index contributed by atoms with van der Waals surface area (Å²) in [7, 11) is 0. The second-order valence-corrected chi connectivity index (χ2v) is 7.69. The molecule has 148 valence electrons. The molecule has 0 unspecified atom stereocenters. The van der Waals surface area contributed by atoms with E-state index in [9.17, 15) is 0 Å². The molecule has 5 heteroatoms. The number of aromatic nitrogens is 2. The maximum atomic E-state index is 6.21. The first-order chi connectivity index (χ1) is 14.4. The van der Waals surface area contributed by atoms with Crippen molar-refractivity contribution in [3.8, 4) is 11.6 Å². The smallest absolute Gasteiger partial charge is 0.229 e. The molecule has 0 N–H and O–H groups in total. The molecule has 2 aromatic carbocycles. The summed E-state index contributed by atoms with van der Waals surface area (Å²) in [6.45, 7) is 3.77. The van der Waals surface area contributed by atoms with Gasteiger partial charge in [0.25, 0.3) is 0 Å². The van der Waals surface area contributed by atoms with Crippen LogP contribution in [-0.2, 0) is 12.8 Å². The van der Waals surface area contributed by atoms with Gasteiger partial charge in [0.1, 0.15) is 5.75 Å². The fraction of sp³-hybridized carbons (Fsp3) is 0.333. The molecule has 0 spiro atoms. The molecule has 0 radical (unpaired) electrons. The van der Waals surface area contributed by atoms with Crippen molar-refractivity contribution >= 4 is 11.6 Å². The van der Waals surface area contributed by atoms with Crippen LogP contribution in [0, 0.1) is 0 Å². The molecule has 2 heterocycles. The standard InChI is InChI=1S/C24H26N4O/c1-3-9-19(10-4-1)27-15-17-28(18-16-27)24-25-22-14-8-7-13-21(22)23(26-24)29-20-11-5-2-6-12-20/h1-6,9-12H,7-8,13-18H2. The molecule has 3 aromatic rings. The number of hydrogen-bond donors (Lipinski definition) is 0.